The van der Waals surface area contributed by atoms with E-state index in [4.69, 9.17) is 8.83 Å². The van der Waals surface area contributed by atoms with E-state index in [1.54, 1.807) is 12.1 Å². The second-order valence-electron chi connectivity index (χ2n) is 16.8. The molecule has 0 N–H and O–H groups in total. The maximum atomic E-state index is 13.3. The van der Waals surface area contributed by atoms with Crippen LogP contribution in [0.3, 0.4) is 0 Å². The van der Waals surface area contributed by atoms with Crippen molar-refractivity contribution >= 4 is 65.6 Å². The van der Waals surface area contributed by atoms with Crippen LogP contribution in [0, 0.1) is 0 Å². The lowest BCUT2D eigenvalue weighted by Crippen LogP contribution is -2.00. The van der Waals surface area contributed by atoms with Crippen LogP contribution in [0.4, 0.5) is 0 Å². The van der Waals surface area contributed by atoms with Crippen molar-refractivity contribution in [1.82, 2.24) is 9.13 Å². The Morgan fingerprint density at radius 2 is 0.667 bits per heavy atom. The maximum Gasteiger partial charge on any atom is 0.193 e. The minimum Gasteiger partial charge on any atom is -0.456 e. The summed E-state index contributed by atoms with van der Waals surface area (Å²) in [6.07, 6.45) is 0. The van der Waals surface area contributed by atoms with Crippen molar-refractivity contribution in [2.75, 3.05) is 0 Å². The van der Waals surface area contributed by atoms with E-state index in [1.165, 1.54) is 21.5 Å². The van der Waals surface area contributed by atoms with Crippen LogP contribution < -0.4 is 10.9 Å². The van der Waals surface area contributed by atoms with Gasteiger partial charge in [0.05, 0.1) is 32.8 Å². The molecule has 0 saturated carbocycles. The number of aromatic nitrogens is 2. The Morgan fingerprint density at radius 1 is 0.288 bits per heavy atom. The van der Waals surface area contributed by atoms with Crippen LogP contribution in [-0.4, -0.2) is 9.13 Å². The molecule has 310 valence electrons. The number of benzene rings is 9. The third-order valence-electron chi connectivity index (χ3n) is 13.0. The fraction of sp³-hybridized carbons (Fsp3) is 0. The number of hydrogen-bond donors (Lipinski definition) is 0. The average Bonchev–Trinajstić information content (AvgIpc) is 3.90. The predicted octanol–water partition coefficient (Wildman–Crippen LogP) is 14.8. The molecule has 13 rings (SSSR count). The highest BCUT2D eigenvalue weighted by Crippen LogP contribution is 2.43. The summed E-state index contributed by atoms with van der Waals surface area (Å²) in [5.41, 5.74) is 13.2. The number of rotatable bonds is 6. The van der Waals surface area contributed by atoms with Gasteiger partial charge in [-0.05, 0) is 95.1 Å². The molecule has 4 aromatic heterocycles. The molecule has 0 saturated heterocycles. The van der Waals surface area contributed by atoms with Gasteiger partial charge in [-0.1, -0.05) is 133 Å². The van der Waals surface area contributed by atoms with Gasteiger partial charge in [-0.3, -0.25) is 9.59 Å². The first-order chi connectivity index (χ1) is 32.5. The quantitative estimate of drug-likeness (QED) is 0.167. The van der Waals surface area contributed by atoms with Crippen LogP contribution in [0.25, 0.3) is 122 Å². The second-order valence-corrected chi connectivity index (χ2v) is 16.8. The largest absolute Gasteiger partial charge is 0.456 e. The first-order valence-corrected chi connectivity index (χ1v) is 22.0. The number of fused-ring (bicyclic) bond motifs is 9. The van der Waals surface area contributed by atoms with Gasteiger partial charge in [-0.2, -0.15) is 0 Å². The predicted molar refractivity (Wildman–Crippen MR) is 269 cm³/mol. The Labute approximate surface area is 377 Å². The summed E-state index contributed by atoms with van der Waals surface area (Å²) in [6.45, 7) is 0. The van der Waals surface area contributed by atoms with E-state index < -0.39 is 0 Å². The van der Waals surface area contributed by atoms with Gasteiger partial charge in [-0.25, -0.2) is 0 Å². The van der Waals surface area contributed by atoms with Gasteiger partial charge in [0.15, 0.2) is 10.9 Å². The topological polar surface area (TPSA) is 70.3 Å². The van der Waals surface area contributed by atoms with Crippen molar-refractivity contribution in [1.29, 1.82) is 0 Å². The average molecular weight is 849 g/mol. The summed E-state index contributed by atoms with van der Waals surface area (Å²) in [6, 6.07) is 73.1. The van der Waals surface area contributed by atoms with Gasteiger partial charge < -0.3 is 18.0 Å². The van der Waals surface area contributed by atoms with Crippen LogP contribution >= 0.6 is 0 Å². The molecule has 66 heavy (non-hydrogen) atoms. The summed E-state index contributed by atoms with van der Waals surface area (Å²) >= 11 is 0. The molecule has 0 aliphatic rings. The molecule has 0 radical (unpaired) electrons. The van der Waals surface area contributed by atoms with Crippen LogP contribution in [0.15, 0.2) is 237 Å². The first-order valence-electron chi connectivity index (χ1n) is 22.0. The molecule has 6 nitrogen and oxygen atoms in total. The van der Waals surface area contributed by atoms with Gasteiger partial charge in [0.2, 0.25) is 0 Å². The van der Waals surface area contributed by atoms with E-state index in [0.29, 0.717) is 33.5 Å². The van der Waals surface area contributed by atoms with E-state index >= 15 is 0 Å². The highest BCUT2D eigenvalue weighted by molar-refractivity contribution is 6.29. The van der Waals surface area contributed by atoms with E-state index in [0.717, 1.165) is 66.8 Å². The molecular formula is C60H36N2O4. The highest BCUT2D eigenvalue weighted by atomic mass is 16.3. The minimum atomic E-state index is -0.0699. The van der Waals surface area contributed by atoms with Gasteiger partial charge >= 0.3 is 0 Å². The molecule has 0 spiro atoms. The van der Waals surface area contributed by atoms with Crippen molar-refractivity contribution in [3.05, 3.63) is 239 Å². The Morgan fingerprint density at radius 3 is 1.09 bits per heavy atom. The molecule has 0 aliphatic carbocycles. The van der Waals surface area contributed by atoms with Gasteiger partial charge in [-0.15, -0.1) is 0 Å². The molecule has 0 amide bonds. The SMILES string of the molecule is O=c1cc(-c2ccccc2)oc2ccc(-c3ccc(-n4c5ccccc5c5c6c7ccccc7n(-c7ccc(-c8ccc9oc(-c%10ccccc%10)cc(=O)c9c8)cc7)c6ccc54)cc3)cc12. The Bertz CT molecular complexity index is 3910. The van der Waals surface area contributed by atoms with Crippen LogP contribution in [0.2, 0.25) is 0 Å². The first kappa shape index (κ1) is 37.5. The van der Waals surface area contributed by atoms with Crippen LogP contribution in [-0.2, 0) is 0 Å². The molecular weight excluding hydrogens is 813 g/mol. The summed E-state index contributed by atoms with van der Waals surface area (Å²) in [5, 5.41) is 5.84. The van der Waals surface area contributed by atoms with E-state index in [1.807, 2.05) is 97.1 Å². The van der Waals surface area contributed by atoms with Gasteiger partial charge in [0.25, 0.3) is 0 Å². The Hall–Kier alpha value is -9.00. The van der Waals surface area contributed by atoms with E-state index in [9.17, 15) is 9.59 Å². The lowest BCUT2D eigenvalue weighted by Gasteiger charge is -2.11. The van der Waals surface area contributed by atoms with E-state index in [-0.39, 0.29) is 10.9 Å². The zero-order valence-electron chi connectivity index (χ0n) is 35.3. The standard InChI is InChI=1S/C60H36N2O4/c63-53-35-57(39-11-3-1-4-12-39)65-55-31-23-41(33-47(53)55)37-19-25-43(26-20-37)61-49-17-9-7-15-45(49)59-51(61)29-30-52-60(59)46-16-8-10-18-50(46)62(52)44-27-21-38(22-28-44)42-24-32-56-48(34-42)54(64)36-58(66-56)40-13-5-2-6-14-40/h1-36H. The molecule has 6 heteroatoms. The van der Waals surface area contributed by atoms with Crippen molar-refractivity contribution in [3.8, 4) is 56.3 Å². The summed E-state index contributed by atoms with van der Waals surface area (Å²) in [7, 11) is 0. The van der Waals surface area contributed by atoms with Crippen LogP contribution in [0.1, 0.15) is 0 Å². The molecule has 0 aliphatic heterocycles. The summed E-state index contributed by atoms with van der Waals surface area (Å²) < 4.78 is 17.1. The summed E-state index contributed by atoms with van der Waals surface area (Å²) in [4.78, 5) is 26.7. The zero-order chi connectivity index (χ0) is 43.9. The monoisotopic (exact) mass is 848 g/mol. The third kappa shape index (κ3) is 5.96. The van der Waals surface area contributed by atoms with Gasteiger partial charge in [0.1, 0.15) is 22.7 Å². The highest BCUT2D eigenvalue weighted by Gasteiger charge is 2.21. The lowest BCUT2D eigenvalue weighted by molar-refractivity contribution is 0.618. The fourth-order valence-corrected chi connectivity index (χ4v) is 9.84. The molecule has 0 bridgehead atoms. The smallest absolute Gasteiger partial charge is 0.193 e. The molecule has 9 aromatic carbocycles. The van der Waals surface area contributed by atoms with Crippen molar-refractivity contribution in [3.63, 3.8) is 0 Å². The second kappa shape index (κ2) is 14.8. The number of hydrogen-bond acceptors (Lipinski definition) is 4. The van der Waals surface area contributed by atoms with Crippen LogP contribution in [0.5, 0.6) is 0 Å². The lowest BCUT2D eigenvalue weighted by atomic mass is 10.0. The number of nitrogens with zero attached hydrogens (tertiary/aromatic N) is 2. The summed E-state index contributed by atoms with van der Waals surface area (Å²) in [5.74, 6) is 1.11. The maximum absolute atomic E-state index is 13.3. The van der Waals surface area contributed by atoms with Gasteiger partial charge in [0, 0.05) is 56.2 Å². The normalized spacial score (nSPS) is 11.8. The Kier molecular flexibility index (Phi) is 8.42. The van der Waals surface area contributed by atoms with Crippen molar-refractivity contribution in [2.24, 2.45) is 0 Å². The Balaban J connectivity index is 0.884. The van der Waals surface area contributed by atoms with Crippen molar-refractivity contribution in [2.45, 2.75) is 0 Å². The third-order valence-corrected chi connectivity index (χ3v) is 13.0. The molecule has 13 aromatic rings. The zero-order valence-corrected chi connectivity index (χ0v) is 35.3. The molecule has 0 unspecified atom stereocenters. The molecule has 4 heterocycles. The molecule has 0 atom stereocenters. The molecule has 0 fully saturated rings. The minimum absolute atomic E-state index is 0.0699. The fourth-order valence-electron chi connectivity index (χ4n) is 9.84. The number of para-hydroxylation sites is 2. The van der Waals surface area contributed by atoms with Crippen molar-refractivity contribution < 1.29 is 8.83 Å². The van der Waals surface area contributed by atoms with E-state index in [2.05, 4.69) is 118 Å².